The van der Waals surface area contributed by atoms with E-state index in [0.29, 0.717) is 13.1 Å². The highest BCUT2D eigenvalue weighted by molar-refractivity contribution is 6.38. The van der Waals surface area contributed by atoms with Crippen molar-refractivity contribution in [2.45, 2.75) is 89.3 Å². The number of alkyl carbamates (subject to hydrolysis) is 1. The summed E-state index contributed by atoms with van der Waals surface area (Å²) in [6.07, 6.45) is 3.69. The van der Waals surface area contributed by atoms with Crippen LogP contribution in [0.3, 0.4) is 0 Å². The molecule has 210 valence electrons. The molecule has 3 saturated carbocycles. The topological polar surface area (TPSA) is 89.9 Å². The van der Waals surface area contributed by atoms with Crippen molar-refractivity contribution in [3.63, 3.8) is 0 Å². The van der Waals surface area contributed by atoms with Gasteiger partial charge in [0.05, 0.1) is 33.7 Å². The van der Waals surface area contributed by atoms with Gasteiger partial charge in [0.2, 0.25) is 5.43 Å². The Bertz CT molecular complexity index is 1430. The standard InChI is InChI=1S/C28H32ClF2N3O5/c1-27(2,3)39-26(37)32-20-12-33(13-28(20)7-8-28)23-18(31)9-15-22(21(23)29)34(19-10-17(19)30)11-16(24(15)35)25(36)38-14-5-4-6-14/h9,11,14,17,19-20H,4-8,10,12-13H2,1-3H3,(H,32,37)/t17-,19?,20+/m0/s1. The van der Waals surface area contributed by atoms with E-state index in [0.717, 1.165) is 38.2 Å². The van der Waals surface area contributed by atoms with Gasteiger partial charge in [-0.05, 0) is 58.9 Å². The normalized spacial score (nSPS) is 25.5. The Morgan fingerprint density at radius 3 is 2.49 bits per heavy atom. The third-order valence-corrected chi connectivity index (χ3v) is 8.67. The molecule has 1 aromatic heterocycles. The van der Waals surface area contributed by atoms with Crippen LogP contribution in [0, 0.1) is 11.2 Å². The van der Waals surface area contributed by atoms with Crippen molar-refractivity contribution in [1.82, 2.24) is 9.88 Å². The highest BCUT2D eigenvalue weighted by Gasteiger charge is 2.56. The Kier molecular flexibility index (Phi) is 6.13. The fraction of sp³-hybridized carbons (Fsp3) is 0.607. The van der Waals surface area contributed by atoms with E-state index in [4.69, 9.17) is 21.1 Å². The van der Waals surface area contributed by atoms with Crippen LogP contribution in [0.25, 0.3) is 10.9 Å². The molecule has 2 heterocycles. The van der Waals surface area contributed by atoms with E-state index in [1.54, 1.807) is 25.7 Å². The third kappa shape index (κ3) is 4.74. The molecule has 3 aliphatic carbocycles. The van der Waals surface area contributed by atoms with Crippen molar-refractivity contribution < 1.29 is 27.8 Å². The summed E-state index contributed by atoms with van der Waals surface area (Å²) < 4.78 is 42.4. The number of fused-ring (bicyclic) bond motifs is 1. The highest BCUT2D eigenvalue weighted by atomic mass is 35.5. The van der Waals surface area contributed by atoms with Crippen LogP contribution in [0.15, 0.2) is 17.1 Å². The van der Waals surface area contributed by atoms with Gasteiger partial charge in [0.25, 0.3) is 0 Å². The molecule has 2 aromatic rings. The van der Waals surface area contributed by atoms with E-state index < -0.39 is 41.1 Å². The molecule has 11 heteroatoms. The van der Waals surface area contributed by atoms with Crippen molar-refractivity contribution in [3.8, 4) is 0 Å². The van der Waals surface area contributed by atoms with Gasteiger partial charge in [-0.15, -0.1) is 0 Å². The number of benzene rings is 1. The van der Waals surface area contributed by atoms with Crippen LogP contribution in [-0.4, -0.2) is 53.6 Å². The molecule has 4 fully saturated rings. The number of esters is 1. The predicted octanol–water partition coefficient (Wildman–Crippen LogP) is 5.28. The van der Waals surface area contributed by atoms with E-state index in [9.17, 15) is 18.8 Å². The number of nitrogens with one attached hydrogen (secondary N) is 1. The van der Waals surface area contributed by atoms with Crippen molar-refractivity contribution in [1.29, 1.82) is 0 Å². The number of nitrogens with zero attached hydrogens (tertiary/aromatic N) is 2. The molecule has 1 aliphatic heterocycles. The smallest absolute Gasteiger partial charge is 0.407 e. The molecule has 1 N–H and O–H groups in total. The van der Waals surface area contributed by atoms with Crippen LogP contribution in [0.1, 0.15) is 75.7 Å². The van der Waals surface area contributed by atoms with Crippen LogP contribution in [0.5, 0.6) is 0 Å². The zero-order valence-electron chi connectivity index (χ0n) is 22.2. The first kappa shape index (κ1) is 26.3. The van der Waals surface area contributed by atoms with Crippen LogP contribution >= 0.6 is 11.6 Å². The second kappa shape index (κ2) is 9.08. The van der Waals surface area contributed by atoms with E-state index in [1.165, 1.54) is 10.8 Å². The third-order valence-electron chi connectivity index (χ3n) is 8.32. The Morgan fingerprint density at radius 2 is 1.92 bits per heavy atom. The Hall–Kier alpha value is -2.88. The zero-order valence-corrected chi connectivity index (χ0v) is 22.9. The fourth-order valence-electron chi connectivity index (χ4n) is 5.73. The van der Waals surface area contributed by atoms with E-state index in [2.05, 4.69) is 5.32 Å². The molecular weight excluding hydrogens is 532 g/mol. The first-order chi connectivity index (χ1) is 18.4. The minimum atomic E-state index is -1.17. The molecule has 8 nitrogen and oxygen atoms in total. The van der Waals surface area contributed by atoms with E-state index in [-0.39, 0.29) is 51.2 Å². The summed E-state index contributed by atoms with van der Waals surface area (Å²) in [6.45, 7) is 6.10. The number of halogens is 3. The minimum absolute atomic E-state index is 0.0196. The number of carbonyl (C=O) groups excluding carboxylic acids is 2. The van der Waals surface area contributed by atoms with Crippen molar-refractivity contribution in [2.24, 2.45) is 5.41 Å². The Morgan fingerprint density at radius 1 is 1.23 bits per heavy atom. The van der Waals surface area contributed by atoms with Gasteiger partial charge in [-0.1, -0.05) is 11.6 Å². The molecule has 0 bridgehead atoms. The summed E-state index contributed by atoms with van der Waals surface area (Å²) in [6, 6.07) is 0.191. The number of hydrogen-bond donors (Lipinski definition) is 1. The van der Waals surface area contributed by atoms with Crippen molar-refractivity contribution >= 4 is 40.3 Å². The van der Waals surface area contributed by atoms with Crippen LogP contribution in [0.2, 0.25) is 5.02 Å². The van der Waals surface area contributed by atoms with Gasteiger partial charge in [0.1, 0.15) is 29.3 Å². The Balaban J connectivity index is 1.37. The lowest BCUT2D eigenvalue weighted by atomic mass is 9.96. The largest absolute Gasteiger partial charge is 0.459 e. The van der Waals surface area contributed by atoms with Crippen molar-refractivity contribution in [2.75, 3.05) is 18.0 Å². The molecule has 1 amide bonds. The van der Waals surface area contributed by atoms with E-state index in [1.807, 2.05) is 0 Å². The van der Waals surface area contributed by atoms with Gasteiger partial charge in [-0.25, -0.2) is 18.4 Å². The molecule has 1 aromatic carbocycles. The van der Waals surface area contributed by atoms with Crippen LogP contribution in [-0.2, 0) is 9.47 Å². The van der Waals surface area contributed by atoms with E-state index >= 15 is 4.39 Å². The summed E-state index contributed by atoms with van der Waals surface area (Å²) in [5.74, 6) is -1.51. The van der Waals surface area contributed by atoms with Gasteiger partial charge in [0, 0.05) is 31.1 Å². The number of anilines is 1. The lowest BCUT2D eigenvalue weighted by Crippen LogP contribution is -2.44. The van der Waals surface area contributed by atoms with Gasteiger partial charge >= 0.3 is 12.1 Å². The SMILES string of the molecule is CC(C)(C)OC(=O)N[C@@H]1CN(c2c(F)cc3c(=O)c(C(=O)OC4CCC4)cn(C4C[C@@H]4F)c3c2Cl)CC12CC2. The predicted molar refractivity (Wildman–Crippen MR) is 142 cm³/mol. The maximum absolute atomic E-state index is 15.8. The quantitative estimate of drug-likeness (QED) is 0.498. The summed E-state index contributed by atoms with van der Waals surface area (Å²) >= 11 is 6.83. The molecule has 4 aliphatic rings. The average molecular weight is 564 g/mol. The molecule has 1 spiro atoms. The molecule has 6 rings (SSSR count). The number of alkyl halides is 1. The number of aromatic nitrogens is 1. The maximum atomic E-state index is 15.8. The number of pyridine rings is 1. The van der Waals surface area contributed by atoms with Gasteiger partial charge < -0.3 is 24.3 Å². The number of amides is 1. The van der Waals surface area contributed by atoms with Gasteiger partial charge in [-0.2, -0.15) is 0 Å². The second-order valence-corrected chi connectivity index (χ2v) is 12.8. The molecular formula is C28H32ClF2N3O5. The molecule has 1 saturated heterocycles. The van der Waals surface area contributed by atoms with Crippen LogP contribution in [0.4, 0.5) is 19.3 Å². The van der Waals surface area contributed by atoms with Crippen LogP contribution < -0.4 is 15.6 Å². The average Bonchev–Trinajstić information content (AvgIpc) is 3.70. The van der Waals surface area contributed by atoms with Gasteiger partial charge in [-0.3, -0.25) is 4.79 Å². The summed E-state index contributed by atoms with van der Waals surface area (Å²) in [5.41, 5.74) is -1.54. The summed E-state index contributed by atoms with van der Waals surface area (Å²) in [5, 5.41) is 2.83. The minimum Gasteiger partial charge on any atom is -0.459 e. The highest BCUT2D eigenvalue weighted by Crippen LogP contribution is 2.55. The summed E-state index contributed by atoms with van der Waals surface area (Å²) in [7, 11) is 0. The monoisotopic (exact) mass is 563 g/mol. The first-order valence-electron chi connectivity index (χ1n) is 13.5. The number of carbonyl (C=O) groups is 2. The van der Waals surface area contributed by atoms with Gasteiger partial charge in [0.15, 0.2) is 0 Å². The Labute approximate surface area is 229 Å². The first-order valence-corrected chi connectivity index (χ1v) is 13.9. The zero-order chi connectivity index (χ0) is 27.9. The molecule has 3 atom stereocenters. The number of rotatable bonds is 5. The summed E-state index contributed by atoms with van der Waals surface area (Å²) in [4.78, 5) is 40.4. The lowest BCUT2D eigenvalue weighted by Gasteiger charge is -2.26. The van der Waals surface area contributed by atoms with Crippen molar-refractivity contribution in [3.05, 3.63) is 38.9 Å². The number of hydrogen-bond acceptors (Lipinski definition) is 6. The molecule has 1 unspecified atom stereocenters. The maximum Gasteiger partial charge on any atom is 0.407 e. The second-order valence-electron chi connectivity index (χ2n) is 12.4. The molecule has 39 heavy (non-hydrogen) atoms. The lowest BCUT2D eigenvalue weighted by molar-refractivity contribution is 0.00877. The fourth-order valence-corrected chi connectivity index (χ4v) is 6.14. The molecule has 0 radical (unpaired) electrons. The number of ether oxygens (including phenoxy) is 2.